The van der Waals surface area contributed by atoms with E-state index in [0.717, 1.165) is 23.1 Å². The highest BCUT2D eigenvalue weighted by molar-refractivity contribution is 6.02. The molecule has 1 aliphatic carbocycles. The average Bonchev–Trinajstić information content (AvgIpc) is 2.64. The Morgan fingerprint density at radius 2 is 2.06 bits per heavy atom. The molecule has 0 radical (unpaired) electrons. The molecule has 0 bridgehead atoms. The van der Waals surface area contributed by atoms with Crippen molar-refractivity contribution in [1.82, 2.24) is 0 Å². The van der Waals surface area contributed by atoms with Gasteiger partial charge in [0, 0.05) is 24.3 Å². The van der Waals surface area contributed by atoms with Crippen molar-refractivity contribution >= 4 is 11.6 Å². The highest BCUT2D eigenvalue weighted by Crippen LogP contribution is 2.27. The second-order valence-electron chi connectivity index (χ2n) is 4.66. The largest absolute Gasteiger partial charge is 0.300 e. The van der Waals surface area contributed by atoms with Gasteiger partial charge in [-0.25, -0.2) is 0 Å². The maximum Gasteiger partial charge on any atom is 0.166 e. The Labute approximate surface area is 95.7 Å². The molecule has 0 aliphatic heterocycles. The first-order valence-corrected chi connectivity index (χ1v) is 5.71. The van der Waals surface area contributed by atoms with Crippen LogP contribution in [0.2, 0.25) is 0 Å². The van der Waals surface area contributed by atoms with Crippen LogP contribution in [-0.2, 0) is 4.79 Å². The van der Waals surface area contributed by atoms with E-state index in [4.69, 9.17) is 0 Å². The Morgan fingerprint density at radius 3 is 2.62 bits per heavy atom. The van der Waals surface area contributed by atoms with Crippen molar-refractivity contribution < 1.29 is 9.59 Å². The van der Waals surface area contributed by atoms with E-state index in [1.807, 2.05) is 32.0 Å². The number of rotatable bonds is 2. The van der Waals surface area contributed by atoms with Crippen molar-refractivity contribution in [3.05, 3.63) is 34.9 Å². The predicted molar refractivity (Wildman–Crippen MR) is 62.6 cm³/mol. The van der Waals surface area contributed by atoms with Gasteiger partial charge in [0.25, 0.3) is 0 Å². The van der Waals surface area contributed by atoms with Crippen LogP contribution in [0.3, 0.4) is 0 Å². The molecule has 84 valence electrons. The van der Waals surface area contributed by atoms with Crippen molar-refractivity contribution in [3.8, 4) is 0 Å². The summed E-state index contributed by atoms with van der Waals surface area (Å²) in [5.74, 6) is 0.292. The van der Waals surface area contributed by atoms with Crippen LogP contribution in [0, 0.1) is 19.8 Å². The average molecular weight is 216 g/mol. The fourth-order valence-corrected chi connectivity index (χ4v) is 2.35. The number of aryl methyl sites for hydroxylation is 2. The van der Waals surface area contributed by atoms with Crippen molar-refractivity contribution in [3.63, 3.8) is 0 Å². The Hall–Kier alpha value is -1.44. The Kier molecular flexibility index (Phi) is 2.90. The monoisotopic (exact) mass is 216 g/mol. The fourth-order valence-electron chi connectivity index (χ4n) is 2.35. The Morgan fingerprint density at radius 1 is 1.31 bits per heavy atom. The molecule has 0 heterocycles. The quantitative estimate of drug-likeness (QED) is 0.712. The normalized spacial score (nSPS) is 20.1. The molecule has 0 aromatic heterocycles. The zero-order chi connectivity index (χ0) is 11.7. The minimum absolute atomic E-state index is 0.0751. The molecular formula is C14H16O2. The molecule has 0 N–H and O–H groups in total. The lowest BCUT2D eigenvalue weighted by molar-refractivity contribution is -0.117. The number of hydrogen-bond acceptors (Lipinski definition) is 2. The molecule has 1 fully saturated rings. The van der Waals surface area contributed by atoms with Gasteiger partial charge in [-0.05, 0) is 25.8 Å². The maximum atomic E-state index is 12.2. The predicted octanol–water partition coefficient (Wildman–Crippen LogP) is 2.86. The van der Waals surface area contributed by atoms with Crippen molar-refractivity contribution in [1.29, 1.82) is 0 Å². The molecule has 1 unspecified atom stereocenters. The first-order valence-electron chi connectivity index (χ1n) is 5.71. The second-order valence-corrected chi connectivity index (χ2v) is 4.66. The zero-order valence-electron chi connectivity index (χ0n) is 9.75. The van der Waals surface area contributed by atoms with E-state index >= 15 is 0 Å². The SMILES string of the molecule is Cc1ccc(C(=O)C2CCC(=O)C2)c(C)c1. The summed E-state index contributed by atoms with van der Waals surface area (Å²) in [4.78, 5) is 23.3. The lowest BCUT2D eigenvalue weighted by Crippen LogP contribution is -2.13. The van der Waals surface area contributed by atoms with Crippen molar-refractivity contribution in [2.24, 2.45) is 5.92 Å². The summed E-state index contributed by atoms with van der Waals surface area (Å²) in [7, 11) is 0. The van der Waals surface area contributed by atoms with Gasteiger partial charge in [-0.2, -0.15) is 0 Å². The lowest BCUT2D eigenvalue weighted by Gasteiger charge is -2.10. The van der Waals surface area contributed by atoms with Crippen LogP contribution < -0.4 is 0 Å². The van der Waals surface area contributed by atoms with Gasteiger partial charge in [0.15, 0.2) is 5.78 Å². The number of carbonyl (C=O) groups excluding carboxylic acids is 2. The summed E-state index contributed by atoms with van der Waals surface area (Å²) in [6, 6.07) is 5.86. The van der Waals surface area contributed by atoms with Crippen molar-refractivity contribution in [2.75, 3.05) is 0 Å². The van der Waals surface area contributed by atoms with Gasteiger partial charge >= 0.3 is 0 Å². The molecule has 1 saturated carbocycles. The molecule has 0 spiro atoms. The van der Waals surface area contributed by atoms with Crippen LogP contribution in [0.15, 0.2) is 18.2 Å². The highest BCUT2D eigenvalue weighted by atomic mass is 16.1. The zero-order valence-corrected chi connectivity index (χ0v) is 9.75. The minimum atomic E-state index is -0.0751. The summed E-state index contributed by atoms with van der Waals surface area (Å²) >= 11 is 0. The highest BCUT2D eigenvalue weighted by Gasteiger charge is 2.29. The van der Waals surface area contributed by atoms with Gasteiger partial charge in [-0.15, -0.1) is 0 Å². The summed E-state index contributed by atoms with van der Waals surface area (Å²) in [6.07, 6.45) is 1.73. The van der Waals surface area contributed by atoms with Crippen LogP contribution >= 0.6 is 0 Å². The summed E-state index contributed by atoms with van der Waals surface area (Å²) in [5.41, 5.74) is 2.96. The van der Waals surface area contributed by atoms with E-state index in [1.165, 1.54) is 0 Å². The van der Waals surface area contributed by atoms with Crippen LogP contribution in [-0.4, -0.2) is 11.6 Å². The van der Waals surface area contributed by atoms with Gasteiger partial charge in [0.1, 0.15) is 5.78 Å². The van der Waals surface area contributed by atoms with Gasteiger partial charge in [-0.1, -0.05) is 23.8 Å². The minimum Gasteiger partial charge on any atom is -0.300 e. The maximum absolute atomic E-state index is 12.2. The summed E-state index contributed by atoms with van der Waals surface area (Å²) in [5, 5.41) is 0. The first kappa shape index (κ1) is 11.1. The molecule has 1 aliphatic rings. The molecular weight excluding hydrogens is 200 g/mol. The van der Waals surface area contributed by atoms with Gasteiger partial charge in [-0.3, -0.25) is 9.59 Å². The number of carbonyl (C=O) groups is 2. The number of Topliss-reactive ketones (excluding diaryl/α,β-unsaturated/α-hetero) is 2. The smallest absolute Gasteiger partial charge is 0.166 e. The van der Waals surface area contributed by atoms with Crippen LogP contribution in [0.1, 0.15) is 40.7 Å². The van der Waals surface area contributed by atoms with E-state index < -0.39 is 0 Å². The number of hydrogen-bond donors (Lipinski definition) is 0. The van der Waals surface area contributed by atoms with Gasteiger partial charge in [0.2, 0.25) is 0 Å². The van der Waals surface area contributed by atoms with Gasteiger partial charge < -0.3 is 0 Å². The summed E-state index contributed by atoms with van der Waals surface area (Å²) in [6.45, 7) is 3.97. The fraction of sp³-hybridized carbons (Fsp3) is 0.429. The first-order chi connectivity index (χ1) is 7.58. The lowest BCUT2D eigenvalue weighted by atomic mass is 9.92. The molecule has 1 atom stereocenters. The van der Waals surface area contributed by atoms with Crippen LogP contribution in [0.5, 0.6) is 0 Å². The molecule has 1 aromatic carbocycles. The van der Waals surface area contributed by atoms with Crippen molar-refractivity contribution in [2.45, 2.75) is 33.1 Å². The number of ketones is 2. The van der Waals surface area contributed by atoms with Crippen LogP contribution in [0.4, 0.5) is 0 Å². The third-order valence-electron chi connectivity index (χ3n) is 3.26. The molecule has 2 rings (SSSR count). The van der Waals surface area contributed by atoms with E-state index in [1.54, 1.807) is 0 Å². The Balaban J connectivity index is 2.24. The third kappa shape index (κ3) is 2.06. The second kappa shape index (κ2) is 4.20. The third-order valence-corrected chi connectivity index (χ3v) is 3.26. The van der Waals surface area contributed by atoms with Gasteiger partial charge in [0.05, 0.1) is 0 Å². The van der Waals surface area contributed by atoms with E-state index in [2.05, 4.69) is 0 Å². The van der Waals surface area contributed by atoms with E-state index in [-0.39, 0.29) is 17.5 Å². The Bertz CT molecular complexity index is 446. The number of benzene rings is 1. The molecule has 0 amide bonds. The molecule has 2 nitrogen and oxygen atoms in total. The topological polar surface area (TPSA) is 34.1 Å². The van der Waals surface area contributed by atoms with Crippen LogP contribution in [0.25, 0.3) is 0 Å². The molecule has 0 saturated heterocycles. The molecule has 1 aromatic rings. The standard InChI is InChI=1S/C14H16O2/c1-9-3-6-13(10(2)7-9)14(16)11-4-5-12(15)8-11/h3,6-7,11H,4-5,8H2,1-2H3. The van der Waals surface area contributed by atoms with E-state index in [9.17, 15) is 9.59 Å². The molecule has 16 heavy (non-hydrogen) atoms. The summed E-state index contributed by atoms with van der Waals surface area (Å²) < 4.78 is 0. The molecule has 2 heteroatoms. The van der Waals surface area contributed by atoms with E-state index in [0.29, 0.717) is 12.8 Å².